The standard InChI is InChI=1S/C19H22N2O3/c1-24-18(22)10-11-21(13-15-6-3-2-4-7-15)14-16-8-5-9-17(12-16)19(20)23/h2-9,12H,10-11,13-14H2,1H3,(H2,20,23). The Hall–Kier alpha value is -2.66. The smallest absolute Gasteiger partial charge is 0.306 e. The van der Waals surface area contributed by atoms with Crippen molar-refractivity contribution in [2.75, 3.05) is 13.7 Å². The van der Waals surface area contributed by atoms with Crippen LogP contribution < -0.4 is 5.73 Å². The normalized spacial score (nSPS) is 10.6. The van der Waals surface area contributed by atoms with Crippen LogP contribution in [0.5, 0.6) is 0 Å². The molecule has 0 atom stereocenters. The minimum absolute atomic E-state index is 0.237. The van der Waals surface area contributed by atoms with Gasteiger partial charge in [0.05, 0.1) is 13.5 Å². The van der Waals surface area contributed by atoms with E-state index in [1.54, 1.807) is 12.1 Å². The van der Waals surface area contributed by atoms with Gasteiger partial charge in [0.2, 0.25) is 5.91 Å². The van der Waals surface area contributed by atoms with E-state index in [2.05, 4.69) is 4.90 Å². The lowest BCUT2D eigenvalue weighted by Crippen LogP contribution is -2.26. The molecule has 0 aliphatic heterocycles. The molecule has 0 saturated heterocycles. The Morgan fingerprint density at radius 2 is 1.67 bits per heavy atom. The Morgan fingerprint density at radius 1 is 1.00 bits per heavy atom. The third-order valence-corrected chi connectivity index (χ3v) is 3.73. The van der Waals surface area contributed by atoms with Gasteiger partial charge in [0.1, 0.15) is 0 Å². The zero-order chi connectivity index (χ0) is 17.4. The molecule has 0 aromatic heterocycles. The average molecular weight is 326 g/mol. The Labute approximate surface area is 142 Å². The molecule has 24 heavy (non-hydrogen) atoms. The van der Waals surface area contributed by atoms with E-state index in [1.165, 1.54) is 7.11 Å². The minimum atomic E-state index is -0.443. The van der Waals surface area contributed by atoms with Gasteiger partial charge in [-0.1, -0.05) is 42.5 Å². The lowest BCUT2D eigenvalue weighted by atomic mass is 10.1. The van der Waals surface area contributed by atoms with Crippen LogP contribution in [0.25, 0.3) is 0 Å². The van der Waals surface area contributed by atoms with Crippen molar-refractivity contribution in [3.05, 3.63) is 71.3 Å². The second-order valence-electron chi connectivity index (χ2n) is 5.59. The van der Waals surface area contributed by atoms with Crippen molar-refractivity contribution in [3.8, 4) is 0 Å². The Morgan fingerprint density at radius 3 is 2.33 bits per heavy atom. The molecule has 0 saturated carbocycles. The molecular formula is C19H22N2O3. The number of hydrogen-bond acceptors (Lipinski definition) is 4. The van der Waals surface area contributed by atoms with Crippen LogP contribution in [0.1, 0.15) is 27.9 Å². The number of rotatable bonds is 8. The fourth-order valence-electron chi connectivity index (χ4n) is 2.49. The Bertz CT molecular complexity index is 686. The zero-order valence-corrected chi connectivity index (χ0v) is 13.8. The van der Waals surface area contributed by atoms with Gasteiger partial charge in [0.25, 0.3) is 0 Å². The summed E-state index contributed by atoms with van der Waals surface area (Å²) in [6.45, 7) is 1.90. The summed E-state index contributed by atoms with van der Waals surface area (Å²) in [5.41, 5.74) is 7.97. The van der Waals surface area contributed by atoms with Crippen LogP contribution in [0.2, 0.25) is 0 Å². The number of methoxy groups -OCH3 is 1. The largest absolute Gasteiger partial charge is 0.469 e. The molecule has 0 aliphatic carbocycles. The number of carbonyl (C=O) groups is 2. The predicted octanol–water partition coefficient (Wildman–Crippen LogP) is 2.35. The summed E-state index contributed by atoms with van der Waals surface area (Å²) in [5, 5.41) is 0. The molecule has 1 amide bonds. The number of benzene rings is 2. The zero-order valence-electron chi connectivity index (χ0n) is 13.8. The maximum Gasteiger partial charge on any atom is 0.306 e. The summed E-state index contributed by atoms with van der Waals surface area (Å²) in [6.07, 6.45) is 0.318. The van der Waals surface area contributed by atoms with Crippen molar-refractivity contribution in [2.45, 2.75) is 19.5 Å². The van der Waals surface area contributed by atoms with E-state index in [4.69, 9.17) is 10.5 Å². The van der Waals surface area contributed by atoms with Crippen LogP contribution in [0.15, 0.2) is 54.6 Å². The summed E-state index contributed by atoms with van der Waals surface area (Å²) in [6, 6.07) is 17.3. The van der Waals surface area contributed by atoms with E-state index in [0.717, 1.165) is 11.1 Å². The second-order valence-corrected chi connectivity index (χ2v) is 5.59. The van der Waals surface area contributed by atoms with E-state index in [0.29, 0.717) is 31.6 Å². The summed E-state index contributed by atoms with van der Waals surface area (Å²) >= 11 is 0. The number of ether oxygens (including phenoxy) is 1. The van der Waals surface area contributed by atoms with E-state index < -0.39 is 5.91 Å². The molecule has 0 heterocycles. The molecule has 2 aromatic carbocycles. The van der Waals surface area contributed by atoms with Gasteiger partial charge in [-0.05, 0) is 23.3 Å². The minimum Gasteiger partial charge on any atom is -0.469 e. The van der Waals surface area contributed by atoms with Crippen LogP contribution in [0, 0.1) is 0 Å². The fourth-order valence-corrected chi connectivity index (χ4v) is 2.49. The van der Waals surface area contributed by atoms with Gasteiger partial charge in [-0.25, -0.2) is 0 Å². The highest BCUT2D eigenvalue weighted by Crippen LogP contribution is 2.12. The molecule has 0 aliphatic rings. The Balaban J connectivity index is 2.10. The molecule has 2 aromatic rings. The van der Waals surface area contributed by atoms with Gasteiger partial charge in [-0.15, -0.1) is 0 Å². The number of hydrogen-bond donors (Lipinski definition) is 1. The van der Waals surface area contributed by atoms with Gasteiger partial charge >= 0.3 is 5.97 Å². The predicted molar refractivity (Wildman–Crippen MR) is 92.1 cm³/mol. The molecule has 0 radical (unpaired) electrons. The van der Waals surface area contributed by atoms with Crippen molar-refractivity contribution < 1.29 is 14.3 Å². The highest BCUT2D eigenvalue weighted by Gasteiger charge is 2.11. The average Bonchev–Trinajstić information content (AvgIpc) is 2.60. The van der Waals surface area contributed by atoms with Crippen molar-refractivity contribution in [1.82, 2.24) is 4.90 Å². The quantitative estimate of drug-likeness (QED) is 0.756. The fraction of sp³-hybridized carbons (Fsp3) is 0.263. The highest BCUT2D eigenvalue weighted by atomic mass is 16.5. The van der Waals surface area contributed by atoms with Crippen molar-refractivity contribution >= 4 is 11.9 Å². The number of carbonyl (C=O) groups excluding carboxylic acids is 2. The molecular weight excluding hydrogens is 304 g/mol. The van der Waals surface area contributed by atoms with Crippen LogP contribution in [0.4, 0.5) is 0 Å². The van der Waals surface area contributed by atoms with Crippen molar-refractivity contribution in [2.24, 2.45) is 5.73 Å². The summed E-state index contributed by atoms with van der Waals surface area (Å²) in [7, 11) is 1.39. The summed E-state index contributed by atoms with van der Waals surface area (Å²) in [4.78, 5) is 24.9. The monoisotopic (exact) mass is 326 g/mol. The van der Waals surface area contributed by atoms with E-state index in [-0.39, 0.29) is 5.97 Å². The molecule has 0 spiro atoms. The first kappa shape index (κ1) is 17.7. The molecule has 5 heteroatoms. The molecule has 2 N–H and O–H groups in total. The number of esters is 1. The van der Waals surface area contributed by atoms with E-state index in [1.807, 2.05) is 42.5 Å². The first-order valence-electron chi connectivity index (χ1n) is 7.80. The summed E-state index contributed by atoms with van der Waals surface area (Å²) in [5.74, 6) is -0.681. The molecule has 126 valence electrons. The SMILES string of the molecule is COC(=O)CCN(Cc1ccccc1)Cc1cccc(C(N)=O)c1. The first-order chi connectivity index (χ1) is 11.6. The van der Waals surface area contributed by atoms with Gasteiger partial charge in [-0.3, -0.25) is 14.5 Å². The maximum absolute atomic E-state index is 11.5. The third-order valence-electron chi connectivity index (χ3n) is 3.73. The van der Waals surface area contributed by atoms with E-state index in [9.17, 15) is 9.59 Å². The number of nitrogens with two attached hydrogens (primary N) is 1. The van der Waals surface area contributed by atoms with E-state index >= 15 is 0 Å². The van der Waals surface area contributed by atoms with Crippen molar-refractivity contribution in [3.63, 3.8) is 0 Å². The number of amides is 1. The van der Waals surface area contributed by atoms with Crippen LogP contribution in [-0.4, -0.2) is 30.4 Å². The molecule has 0 unspecified atom stereocenters. The lowest BCUT2D eigenvalue weighted by Gasteiger charge is -2.22. The highest BCUT2D eigenvalue weighted by molar-refractivity contribution is 5.92. The van der Waals surface area contributed by atoms with Crippen LogP contribution in [-0.2, 0) is 22.6 Å². The van der Waals surface area contributed by atoms with Gasteiger partial charge in [-0.2, -0.15) is 0 Å². The lowest BCUT2D eigenvalue weighted by molar-refractivity contribution is -0.141. The third kappa shape index (κ3) is 5.52. The molecule has 5 nitrogen and oxygen atoms in total. The number of primary amides is 1. The Kier molecular flexibility index (Phi) is 6.51. The maximum atomic E-state index is 11.5. The van der Waals surface area contributed by atoms with Gasteiger partial charge in [0, 0.05) is 25.2 Å². The molecule has 2 rings (SSSR count). The first-order valence-corrected chi connectivity index (χ1v) is 7.80. The second kappa shape index (κ2) is 8.84. The van der Waals surface area contributed by atoms with Crippen molar-refractivity contribution in [1.29, 1.82) is 0 Å². The van der Waals surface area contributed by atoms with Crippen LogP contribution >= 0.6 is 0 Å². The number of nitrogens with zero attached hydrogens (tertiary/aromatic N) is 1. The van der Waals surface area contributed by atoms with Crippen LogP contribution in [0.3, 0.4) is 0 Å². The van der Waals surface area contributed by atoms with Gasteiger partial charge < -0.3 is 10.5 Å². The van der Waals surface area contributed by atoms with Gasteiger partial charge in [0.15, 0.2) is 0 Å². The summed E-state index contributed by atoms with van der Waals surface area (Å²) < 4.78 is 4.72. The molecule has 0 bridgehead atoms. The topological polar surface area (TPSA) is 72.6 Å². The molecule has 0 fully saturated rings.